The van der Waals surface area contributed by atoms with Gasteiger partial charge in [0.25, 0.3) is 0 Å². The molecule has 0 radical (unpaired) electrons. The molecule has 1 aliphatic rings. The first-order valence-electron chi connectivity index (χ1n) is 6.61. The maximum absolute atomic E-state index is 11.3. The van der Waals surface area contributed by atoms with Crippen LogP contribution in [0.15, 0.2) is 47.4 Å². The molecular formula is C15H23NO3S. The molecule has 0 aromatic carbocycles. The molecule has 0 aliphatic carbocycles. The Labute approximate surface area is 122 Å². The Balaban J connectivity index is 2.66. The van der Waals surface area contributed by atoms with Crippen LogP contribution >= 0.6 is 0 Å². The first-order valence-corrected chi connectivity index (χ1v) is 8.50. The van der Waals surface area contributed by atoms with Gasteiger partial charge in [-0.25, -0.2) is 8.42 Å². The van der Waals surface area contributed by atoms with E-state index in [9.17, 15) is 8.42 Å². The molecule has 0 spiro atoms. The Hall–Kier alpha value is -1.49. The standard InChI is InChI=1S/C15H23NO3S/c1-12(2)15(16-20(4,17)18)11-13(3)8-9-14-7-5-6-10-19-14/h7-9,16H,3,5-6,10-11H2,1-2,4H3/b9-8-. The van der Waals surface area contributed by atoms with Crippen LogP contribution in [-0.4, -0.2) is 21.3 Å². The van der Waals surface area contributed by atoms with E-state index in [1.54, 1.807) is 0 Å². The van der Waals surface area contributed by atoms with Gasteiger partial charge in [0.05, 0.1) is 12.9 Å². The zero-order valence-corrected chi connectivity index (χ0v) is 13.2. The van der Waals surface area contributed by atoms with Crippen LogP contribution in [0.5, 0.6) is 0 Å². The zero-order chi connectivity index (χ0) is 15.2. The molecule has 0 saturated heterocycles. The molecule has 0 saturated carbocycles. The lowest BCUT2D eigenvalue weighted by Gasteiger charge is -2.13. The monoisotopic (exact) mass is 297 g/mol. The predicted molar refractivity (Wildman–Crippen MR) is 82.5 cm³/mol. The molecule has 5 heteroatoms. The molecule has 0 unspecified atom stereocenters. The Kier molecular flexibility index (Phi) is 6.07. The van der Waals surface area contributed by atoms with Crippen molar-refractivity contribution in [1.29, 1.82) is 0 Å². The second-order valence-corrected chi connectivity index (χ2v) is 6.87. The third-order valence-electron chi connectivity index (χ3n) is 2.76. The fourth-order valence-electron chi connectivity index (χ4n) is 1.72. The summed E-state index contributed by atoms with van der Waals surface area (Å²) in [5.74, 6) is 0.854. The van der Waals surface area contributed by atoms with Crippen molar-refractivity contribution in [1.82, 2.24) is 4.72 Å². The number of allylic oxidation sites excluding steroid dienone is 5. The van der Waals surface area contributed by atoms with Crippen LogP contribution in [0.1, 0.15) is 33.1 Å². The minimum absolute atomic E-state index is 0.471. The van der Waals surface area contributed by atoms with Gasteiger partial charge in [-0.2, -0.15) is 0 Å². The van der Waals surface area contributed by atoms with Crippen LogP contribution < -0.4 is 4.72 Å². The molecule has 1 heterocycles. The van der Waals surface area contributed by atoms with Gasteiger partial charge in [0.15, 0.2) is 0 Å². The van der Waals surface area contributed by atoms with E-state index >= 15 is 0 Å². The molecule has 0 aromatic heterocycles. The Morgan fingerprint density at radius 1 is 1.50 bits per heavy atom. The molecular weight excluding hydrogens is 274 g/mol. The van der Waals surface area contributed by atoms with Crippen molar-refractivity contribution < 1.29 is 13.2 Å². The fraction of sp³-hybridized carbons (Fsp3) is 0.467. The largest absolute Gasteiger partial charge is 0.494 e. The topological polar surface area (TPSA) is 55.4 Å². The molecule has 1 N–H and O–H groups in total. The lowest BCUT2D eigenvalue weighted by atomic mass is 10.1. The van der Waals surface area contributed by atoms with Crippen LogP contribution in [0.2, 0.25) is 0 Å². The van der Waals surface area contributed by atoms with E-state index in [-0.39, 0.29) is 0 Å². The summed E-state index contributed by atoms with van der Waals surface area (Å²) in [4.78, 5) is 0. The average Bonchev–Trinajstić information content (AvgIpc) is 2.35. The van der Waals surface area contributed by atoms with Gasteiger partial charge in [-0.15, -0.1) is 0 Å². The SMILES string of the molecule is C=C(/C=C\C1=CCCCO1)CC(NS(C)(=O)=O)=C(C)C. The zero-order valence-electron chi connectivity index (χ0n) is 12.4. The lowest BCUT2D eigenvalue weighted by Crippen LogP contribution is -2.22. The van der Waals surface area contributed by atoms with Gasteiger partial charge in [0.2, 0.25) is 10.0 Å². The van der Waals surface area contributed by atoms with Gasteiger partial charge in [0.1, 0.15) is 5.76 Å². The maximum Gasteiger partial charge on any atom is 0.229 e. The van der Waals surface area contributed by atoms with Crippen LogP contribution in [0.3, 0.4) is 0 Å². The predicted octanol–water partition coefficient (Wildman–Crippen LogP) is 3.03. The fourth-order valence-corrected chi connectivity index (χ4v) is 2.44. The molecule has 0 atom stereocenters. The number of hydrogen-bond acceptors (Lipinski definition) is 3. The lowest BCUT2D eigenvalue weighted by molar-refractivity contribution is 0.206. The first-order chi connectivity index (χ1) is 9.28. The van der Waals surface area contributed by atoms with Gasteiger partial charge >= 0.3 is 0 Å². The molecule has 1 rings (SSSR count). The van der Waals surface area contributed by atoms with Gasteiger partial charge in [0, 0.05) is 12.1 Å². The van der Waals surface area contributed by atoms with Crippen molar-refractivity contribution in [3.8, 4) is 0 Å². The molecule has 4 nitrogen and oxygen atoms in total. The van der Waals surface area contributed by atoms with Gasteiger partial charge in [-0.3, -0.25) is 4.72 Å². The number of hydrogen-bond donors (Lipinski definition) is 1. The quantitative estimate of drug-likeness (QED) is 0.767. The van der Waals surface area contributed by atoms with Crippen molar-refractivity contribution in [2.45, 2.75) is 33.1 Å². The molecule has 112 valence electrons. The van der Waals surface area contributed by atoms with E-state index in [2.05, 4.69) is 11.3 Å². The Bertz CT molecular complexity index is 550. The second kappa shape index (κ2) is 7.33. The summed E-state index contributed by atoms with van der Waals surface area (Å²) < 4.78 is 30.6. The molecule has 20 heavy (non-hydrogen) atoms. The van der Waals surface area contributed by atoms with E-state index < -0.39 is 10.0 Å². The smallest absolute Gasteiger partial charge is 0.229 e. The summed E-state index contributed by atoms with van der Waals surface area (Å²) in [5.41, 5.74) is 2.42. The minimum atomic E-state index is -3.26. The van der Waals surface area contributed by atoms with Gasteiger partial charge < -0.3 is 4.74 Å². The average molecular weight is 297 g/mol. The maximum atomic E-state index is 11.3. The summed E-state index contributed by atoms with van der Waals surface area (Å²) in [7, 11) is -3.26. The van der Waals surface area contributed by atoms with Crippen LogP contribution in [-0.2, 0) is 14.8 Å². The summed E-state index contributed by atoms with van der Waals surface area (Å²) in [5, 5.41) is 0. The molecule has 1 aliphatic heterocycles. The van der Waals surface area contributed by atoms with Crippen LogP contribution in [0, 0.1) is 0 Å². The molecule has 0 fully saturated rings. The number of sulfonamides is 1. The van der Waals surface area contributed by atoms with Crippen molar-refractivity contribution in [2.75, 3.05) is 12.9 Å². The summed E-state index contributed by atoms with van der Waals surface area (Å²) in [6, 6.07) is 0. The van der Waals surface area contributed by atoms with E-state index in [0.29, 0.717) is 12.1 Å². The van der Waals surface area contributed by atoms with Gasteiger partial charge in [-0.05, 0) is 44.4 Å². The Morgan fingerprint density at radius 3 is 2.70 bits per heavy atom. The summed E-state index contributed by atoms with van der Waals surface area (Å²) >= 11 is 0. The second-order valence-electron chi connectivity index (χ2n) is 5.12. The van der Waals surface area contributed by atoms with Crippen LogP contribution in [0.4, 0.5) is 0 Å². The molecule has 0 amide bonds. The van der Waals surface area contributed by atoms with Crippen molar-refractivity contribution in [2.24, 2.45) is 0 Å². The van der Waals surface area contributed by atoms with Crippen LogP contribution in [0.25, 0.3) is 0 Å². The highest BCUT2D eigenvalue weighted by Gasteiger charge is 2.07. The molecule has 0 bridgehead atoms. The number of ether oxygens (including phenoxy) is 1. The van der Waals surface area contributed by atoms with Crippen molar-refractivity contribution in [3.63, 3.8) is 0 Å². The highest BCUT2D eigenvalue weighted by molar-refractivity contribution is 7.88. The summed E-state index contributed by atoms with van der Waals surface area (Å²) in [6.45, 7) is 8.44. The first kappa shape index (κ1) is 16.6. The van der Waals surface area contributed by atoms with E-state index in [1.807, 2.05) is 32.1 Å². The highest BCUT2D eigenvalue weighted by Crippen LogP contribution is 2.16. The van der Waals surface area contributed by atoms with Crippen molar-refractivity contribution in [3.05, 3.63) is 47.4 Å². The third-order valence-corrected chi connectivity index (χ3v) is 3.38. The van der Waals surface area contributed by atoms with Gasteiger partial charge in [-0.1, -0.05) is 18.2 Å². The van der Waals surface area contributed by atoms with E-state index in [4.69, 9.17) is 4.74 Å². The third kappa shape index (κ3) is 6.61. The van der Waals surface area contributed by atoms with E-state index in [1.165, 1.54) is 0 Å². The normalized spacial score (nSPS) is 15.4. The number of nitrogens with one attached hydrogen (secondary N) is 1. The highest BCUT2D eigenvalue weighted by atomic mass is 32.2. The van der Waals surface area contributed by atoms with E-state index in [0.717, 1.165) is 42.6 Å². The van der Waals surface area contributed by atoms with Crippen molar-refractivity contribution >= 4 is 10.0 Å². The summed E-state index contributed by atoms with van der Waals surface area (Å²) in [6.07, 6.45) is 9.49. The number of rotatable bonds is 6. The minimum Gasteiger partial charge on any atom is -0.494 e. The Morgan fingerprint density at radius 2 is 2.20 bits per heavy atom. The molecule has 0 aromatic rings.